The van der Waals surface area contributed by atoms with Gasteiger partial charge in [-0.1, -0.05) is 11.6 Å². The molecule has 2 heterocycles. The molecule has 1 aromatic heterocycles. The van der Waals surface area contributed by atoms with Crippen molar-refractivity contribution in [3.05, 3.63) is 53.2 Å². The highest BCUT2D eigenvalue weighted by atomic mass is 35.5. The van der Waals surface area contributed by atoms with Crippen molar-refractivity contribution in [3.63, 3.8) is 0 Å². The molecule has 0 aliphatic carbocycles. The number of methoxy groups -OCH3 is 1. The molecule has 0 unspecified atom stereocenters. The number of piperidine rings is 1. The van der Waals surface area contributed by atoms with Crippen LogP contribution in [0.4, 0.5) is 0 Å². The number of amides is 1. The fourth-order valence-electron chi connectivity index (χ4n) is 3.91. The first-order valence-corrected chi connectivity index (χ1v) is 10.8. The first-order valence-electron chi connectivity index (χ1n) is 10.4. The Morgan fingerprint density at radius 3 is 2.69 bits per heavy atom. The topological polar surface area (TPSA) is 93.9 Å². The van der Waals surface area contributed by atoms with Crippen molar-refractivity contribution < 1.29 is 24.2 Å². The van der Waals surface area contributed by atoms with Crippen LogP contribution >= 0.6 is 11.6 Å². The lowest BCUT2D eigenvalue weighted by atomic mass is 10.1. The van der Waals surface area contributed by atoms with Gasteiger partial charge in [0.05, 0.1) is 37.4 Å². The Labute approximate surface area is 190 Å². The van der Waals surface area contributed by atoms with Crippen molar-refractivity contribution >= 4 is 34.4 Å². The van der Waals surface area contributed by atoms with Crippen LogP contribution in [0.5, 0.6) is 11.5 Å². The van der Waals surface area contributed by atoms with Crippen LogP contribution in [0.3, 0.4) is 0 Å². The molecule has 4 rings (SSSR count). The third kappa shape index (κ3) is 4.80. The Hall–Kier alpha value is -3.26. The summed E-state index contributed by atoms with van der Waals surface area (Å²) in [5, 5.41) is 14.5. The Bertz CT molecular complexity index is 1140. The van der Waals surface area contributed by atoms with Gasteiger partial charge in [-0.15, -0.1) is 0 Å². The number of ether oxygens (including phenoxy) is 2. The van der Waals surface area contributed by atoms with E-state index in [0.29, 0.717) is 48.8 Å². The molecule has 0 spiro atoms. The summed E-state index contributed by atoms with van der Waals surface area (Å²) in [6, 6.07) is 10.7. The zero-order valence-corrected chi connectivity index (χ0v) is 18.4. The number of likely N-dealkylation sites (tertiary alicyclic amines) is 1. The molecule has 3 aromatic rings. The molecule has 0 radical (unpaired) electrons. The second-order valence-corrected chi connectivity index (χ2v) is 8.12. The smallest absolute Gasteiger partial charge is 0.305 e. The van der Waals surface area contributed by atoms with Gasteiger partial charge in [0.1, 0.15) is 17.6 Å². The fraction of sp³-hybridized carbons (Fsp3) is 0.348. The number of carbonyl (C=O) groups excluding carboxylic acids is 1. The minimum Gasteiger partial charge on any atom is -0.496 e. The molecule has 1 aliphatic heterocycles. The first kappa shape index (κ1) is 22.0. The van der Waals surface area contributed by atoms with Crippen LogP contribution in [-0.2, 0) is 11.3 Å². The quantitative estimate of drug-likeness (QED) is 0.579. The molecule has 0 saturated carbocycles. The molecule has 9 heteroatoms. The number of rotatable bonds is 7. The predicted octanol–water partition coefficient (Wildman–Crippen LogP) is 3.86. The molecule has 2 aromatic carbocycles. The molecule has 1 N–H and O–H groups in total. The summed E-state index contributed by atoms with van der Waals surface area (Å²) < 4.78 is 13.1. The van der Waals surface area contributed by atoms with Crippen LogP contribution in [0.2, 0.25) is 5.02 Å². The van der Waals surface area contributed by atoms with Gasteiger partial charge in [-0.25, -0.2) is 0 Å². The summed E-state index contributed by atoms with van der Waals surface area (Å²) in [5.74, 6) is 0.289. The first-order chi connectivity index (χ1) is 15.4. The highest BCUT2D eigenvalue weighted by Gasteiger charge is 2.26. The monoisotopic (exact) mass is 457 g/mol. The van der Waals surface area contributed by atoms with Crippen molar-refractivity contribution in [2.45, 2.75) is 31.9 Å². The van der Waals surface area contributed by atoms with Crippen LogP contribution in [0, 0.1) is 0 Å². The average Bonchev–Trinajstić information content (AvgIpc) is 3.20. The lowest BCUT2D eigenvalue weighted by Gasteiger charge is -2.32. The summed E-state index contributed by atoms with van der Waals surface area (Å²) in [4.78, 5) is 25.5. The van der Waals surface area contributed by atoms with E-state index >= 15 is 0 Å². The van der Waals surface area contributed by atoms with Gasteiger partial charge >= 0.3 is 5.97 Å². The van der Waals surface area contributed by atoms with Gasteiger partial charge in [-0.05, 0) is 36.4 Å². The maximum Gasteiger partial charge on any atom is 0.305 e. The van der Waals surface area contributed by atoms with Gasteiger partial charge in [0.25, 0.3) is 5.91 Å². The summed E-state index contributed by atoms with van der Waals surface area (Å²) in [6.45, 7) is 1.48. The molecule has 0 bridgehead atoms. The van der Waals surface area contributed by atoms with Gasteiger partial charge in [0.2, 0.25) is 0 Å². The van der Waals surface area contributed by atoms with E-state index in [-0.39, 0.29) is 18.4 Å². The number of benzene rings is 2. The van der Waals surface area contributed by atoms with E-state index in [1.807, 2.05) is 18.2 Å². The van der Waals surface area contributed by atoms with E-state index in [1.165, 1.54) is 7.11 Å². The van der Waals surface area contributed by atoms with E-state index in [9.17, 15) is 9.59 Å². The van der Waals surface area contributed by atoms with Crippen molar-refractivity contribution in [1.29, 1.82) is 0 Å². The molecule has 0 atom stereocenters. The number of aryl methyl sites for hydroxylation is 1. The second-order valence-electron chi connectivity index (χ2n) is 7.69. The van der Waals surface area contributed by atoms with Crippen LogP contribution < -0.4 is 9.47 Å². The van der Waals surface area contributed by atoms with Crippen molar-refractivity contribution in [3.8, 4) is 11.5 Å². The largest absolute Gasteiger partial charge is 0.496 e. The van der Waals surface area contributed by atoms with Crippen LogP contribution in [0.25, 0.3) is 10.9 Å². The summed E-state index contributed by atoms with van der Waals surface area (Å²) in [7, 11) is 1.53. The fourth-order valence-corrected chi connectivity index (χ4v) is 4.08. The molecule has 1 amide bonds. The Morgan fingerprint density at radius 2 is 1.97 bits per heavy atom. The number of hydrogen-bond donors (Lipinski definition) is 1. The zero-order valence-electron chi connectivity index (χ0n) is 17.7. The second kappa shape index (κ2) is 9.48. The predicted molar refractivity (Wildman–Crippen MR) is 120 cm³/mol. The van der Waals surface area contributed by atoms with Crippen LogP contribution in [-0.4, -0.2) is 58.0 Å². The van der Waals surface area contributed by atoms with Gasteiger partial charge in [-0.3, -0.25) is 14.3 Å². The average molecular weight is 458 g/mol. The van der Waals surface area contributed by atoms with E-state index in [2.05, 4.69) is 5.10 Å². The molecule has 168 valence electrons. The lowest BCUT2D eigenvalue weighted by molar-refractivity contribution is -0.137. The van der Waals surface area contributed by atoms with Crippen molar-refractivity contribution in [2.24, 2.45) is 0 Å². The SMILES string of the molecule is COc1ccc(Cl)cc1C(=O)N1CCC(Oc2ccc3c(cnn3CCC(=O)O)c2)CC1. The van der Waals surface area contributed by atoms with Crippen LogP contribution in [0.1, 0.15) is 29.6 Å². The summed E-state index contributed by atoms with van der Waals surface area (Å²) >= 11 is 6.07. The number of halogens is 1. The third-order valence-corrected chi connectivity index (χ3v) is 5.81. The van der Waals surface area contributed by atoms with E-state index in [4.69, 9.17) is 26.2 Å². The van der Waals surface area contributed by atoms with Gasteiger partial charge < -0.3 is 19.5 Å². The maximum absolute atomic E-state index is 12.9. The minimum atomic E-state index is -0.854. The Balaban J connectivity index is 1.37. The normalized spacial score (nSPS) is 14.5. The lowest BCUT2D eigenvalue weighted by Crippen LogP contribution is -2.41. The van der Waals surface area contributed by atoms with Gasteiger partial charge in [-0.2, -0.15) is 5.10 Å². The maximum atomic E-state index is 12.9. The molecule has 1 fully saturated rings. The summed E-state index contributed by atoms with van der Waals surface area (Å²) in [6.07, 6.45) is 3.16. The van der Waals surface area contributed by atoms with Gasteiger partial charge in [0, 0.05) is 36.3 Å². The third-order valence-electron chi connectivity index (χ3n) is 5.57. The number of aliphatic carboxylic acids is 1. The van der Waals surface area contributed by atoms with E-state index in [1.54, 1.807) is 34.0 Å². The minimum absolute atomic E-state index is 0.000174. The van der Waals surface area contributed by atoms with E-state index < -0.39 is 5.97 Å². The summed E-state index contributed by atoms with van der Waals surface area (Å²) in [5.41, 5.74) is 1.33. The van der Waals surface area contributed by atoms with Crippen molar-refractivity contribution in [1.82, 2.24) is 14.7 Å². The van der Waals surface area contributed by atoms with E-state index in [0.717, 1.165) is 16.7 Å². The standard InChI is InChI=1S/C23H24ClN3O5/c1-31-21-5-2-16(24)13-19(21)23(30)26-9-6-17(7-10-26)32-18-3-4-20-15(12-18)14-25-27(20)11-8-22(28)29/h2-5,12-14,17H,6-11H2,1H3,(H,28,29). The number of hydrogen-bond acceptors (Lipinski definition) is 5. The molecule has 8 nitrogen and oxygen atoms in total. The number of nitrogens with zero attached hydrogens (tertiary/aromatic N) is 3. The highest BCUT2D eigenvalue weighted by molar-refractivity contribution is 6.31. The molecule has 1 aliphatic rings. The number of carboxylic acid groups (broad SMARTS) is 1. The number of aromatic nitrogens is 2. The number of fused-ring (bicyclic) bond motifs is 1. The van der Waals surface area contributed by atoms with Crippen LogP contribution in [0.15, 0.2) is 42.6 Å². The van der Waals surface area contributed by atoms with Gasteiger partial charge in [0.15, 0.2) is 0 Å². The molecular formula is C23H24ClN3O5. The zero-order chi connectivity index (χ0) is 22.7. The Morgan fingerprint density at radius 1 is 1.19 bits per heavy atom. The molecular weight excluding hydrogens is 434 g/mol. The van der Waals surface area contributed by atoms with Crippen molar-refractivity contribution in [2.75, 3.05) is 20.2 Å². The molecule has 1 saturated heterocycles. The number of carbonyl (C=O) groups is 2. The Kier molecular flexibility index (Phi) is 6.50. The number of carboxylic acids is 1. The molecule has 32 heavy (non-hydrogen) atoms. The highest BCUT2D eigenvalue weighted by Crippen LogP contribution is 2.27.